The van der Waals surface area contributed by atoms with E-state index >= 15 is 0 Å². The molecule has 0 aliphatic carbocycles. The summed E-state index contributed by atoms with van der Waals surface area (Å²) < 4.78 is 0. The number of nitrogens with zero attached hydrogens (tertiary/aromatic N) is 1. The van der Waals surface area contributed by atoms with E-state index in [-0.39, 0.29) is 18.4 Å². The summed E-state index contributed by atoms with van der Waals surface area (Å²) in [6, 6.07) is 13.4. The molecule has 2 aromatic carbocycles. The number of rotatable bonds is 2. The van der Waals surface area contributed by atoms with E-state index in [0.29, 0.717) is 5.69 Å². The highest BCUT2D eigenvalue weighted by Crippen LogP contribution is 2.29. The van der Waals surface area contributed by atoms with Gasteiger partial charge in [-0.25, -0.2) is 0 Å². The van der Waals surface area contributed by atoms with Crippen LogP contribution in [0, 0.1) is 13.8 Å². The second kappa shape index (κ2) is 6.08. The number of anilines is 2. The Balaban J connectivity index is 1.86. The van der Waals surface area contributed by atoms with Crippen LogP contribution >= 0.6 is 0 Å². The zero-order valence-corrected chi connectivity index (χ0v) is 13.2. The lowest BCUT2D eigenvalue weighted by molar-refractivity contribution is -0.119. The molecular weight excluding hydrogens is 288 g/mol. The zero-order valence-electron chi connectivity index (χ0n) is 13.2. The Bertz CT molecular complexity index is 809. The van der Waals surface area contributed by atoms with Gasteiger partial charge in [0.15, 0.2) is 0 Å². The summed E-state index contributed by atoms with van der Waals surface area (Å²) in [6.45, 7) is 4.09. The molecule has 0 fully saturated rings. The van der Waals surface area contributed by atoms with Crippen LogP contribution in [0.1, 0.15) is 16.7 Å². The molecule has 116 valence electrons. The predicted octanol–water partition coefficient (Wildman–Crippen LogP) is 3.30. The van der Waals surface area contributed by atoms with E-state index in [1.165, 1.54) is 16.5 Å². The van der Waals surface area contributed by atoms with Crippen LogP contribution in [0.3, 0.4) is 0 Å². The van der Waals surface area contributed by atoms with Crippen molar-refractivity contribution in [2.24, 2.45) is 0 Å². The van der Waals surface area contributed by atoms with Gasteiger partial charge >= 0.3 is 0 Å². The van der Waals surface area contributed by atoms with Gasteiger partial charge in [-0.15, -0.1) is 0 Å². The van der Waals surface area contributed by atoms with Crippen LogP contribution in [0.25, 0.3) is 6.08 Å². The fourth-order valence-corrected chi connectivity index (χ4v) is 2.69. The van der Waals surface area contributed by atoms with Gasteiger partial charge in [0.1, 0.15) is 6.54 Å². The van der Waals surface area contributed by atoms with E-state index in [2.05, 4.69) is 11.4 Å². The first-order chi connectivity index (χ1) is 11.0. The number of hydrogen-bond acceptors (Lipinski definition) is 2. The molecule has 0 bridgehead atoms. The molecule has 0 saturated carbocycles. The van der Waals surface area contributed by atoms with Gasteiger partial charge in [0.2, 0.25) is 5.91 Å². The smallest absolute Gasteiger partial charge is 0.251 e. The van der Waals surface area contributed by atoms with Crippen molar-refractivity contribution in [2.75, 3.05) is 16.8 Å². The normalized spacial score (nSPS) is 13.8. The minimum atomic E-state index is -0.202. The number of para-hydroxylation sites is 2. The van der Waals surface area contributed by atoms with Crippen LogP contribution in [-0.4, -0.2) is 18.4 Å². The van der Waals surface area contributed by atoms with Crippen molar-refractivity contribution in [2.45, 2.75) is 13.8 Å². The Morgan fingerprint density at radius 3 is 2.74 bits per heavy atom. The minimum absolute atomic E-state index is 0.0348. The standard InChI is InChI=1S/C19H18N2O2/c1-13-7-8-15(14(2)11-13)9-10-19(23)21-12-18(22)20-16-5-3-4-6-17(16)21/h3-11H,12H2,1-2H3,(H,20,22). The average molecular weight is 306 g/mol. The summed E-state index contributed by atoms with van der Waals surface area (Å²) in [6.07, 6.45) is 3.32. The van der Waals surface area contributed by atoms with Crippen molar-refractivity contribution in [3.05, 3.63) is 65.2 Å². The van der Waals surface area contributed by atoms with Gasteiger partial charge in [-0.05, 0) is 43.2 Å². The first kappa shape index (κ1) is 15.0. The van der Waals surface area contributed by atoms with Crippen molar-refractivity contribution in [3.8, 4) is 0 Å². The molecule has 0 atom stereocenters. The van der Waals surface area contributed by atoms with Crippen molar-refractivity contribution in [1.82, 2.24) is 0 Å². The molecule has 3 rings (SSSR count). The minimum Gasteiger partial charge on any atom is -0.323 e. The molecule has 4 heteroatoms. The summed E-state index contributed by atoms with van der Waals surface area (Å²) in [7, 11) is 0. The van der Waals surface area contributed by atoms with Gasteiger partial charge in [0.05, 0.1) is 11.4 Å². The predicted molar refractivity (Wildman–Crippen MR) is 92.4 cm³/mol. The molecule has 0 saturated heterocycles. The fraction of sp³-hybridized carbons (Fsp3) is 0.158. The van der Waals surface area contributed by atoms with Crippen molar-refractivity contribution in [1.29, 1.82) is 0 Å². The Kier molecular flexibility index (Phi) is 3.98. The SMILES string of the molecule is Cc1ccc(C=CC(=O)N2CC(=O)Nc3ccccc32)c(C)c1. The zero-order chi connectivity index (χ0) is 16.4. The molecule has 0 aromatic heterocycles. The molecule has 0 radical (unpaired) electrons. The van der Waals surface area contributed by atoms with Gasteiger partial charge in [0.25, 0.3) is 5.91 Å². The summed E-state index contributed by atoms with van der Waals surface area (Å²) in [5.41, 5.74) is 4.69. The van der Waals surface area contributed by atoms with Crippen molar-refractivity contribution < 1.29 is 9.59 Å². The molecule has 0 spiro atoms. The van der Waals surface area contributed by atoms with Gasteiger partial charge in [-0.1, -0.05) is 35.9 Å². The van der Waals surface area contributed by atoms with Crippen molar-refractivity contribution in [3.63, 3.8) is 0 Å². The van der Waals surface area contributed by atoms with E-state index in [0.717, 1.165) is 16.8 Å². The molecule has 4 nitrogen and oxygen atoms in total. The van der Waals surface area contributed by atoms with Crippen LogP contribution in [-0.2, 0) is 9.59 Å². The van der Waals surface area contributed by atoms with Gasteiger partial charge in [0, 0.05) is 6.08 Å². The summed E-state index contributed by atoms with van der Waals surface area (Å²) in [5, 5.41) is 2.78. The van der Waals surface area contributed by atoms with E-state index in [4.69, 9.17) is 0 Å². The molecule has 1 heterocycles. The highest BCUT2D eigenvalue weighted by Gasteiger charge is 2.25. The maximum absolute atomic E-state index is 12.5. The fourth-order valence-electron chi connectivity index (χ4n) is 2.69. The number of benzene rings is 2. The third-order valence-electron chi connectivity index (χ3n) is 3.87. The topological polar surface area (TPSA) is 49.4 Å². The molecule has 1 aliphatic heterocycles. The Labute approximate surface area is 135 Å². The third-order valence-corrected chi connectivity index (χ3v) is 3.87. The van der Waals surface area contributed by atoms with Crippen molar-refractivity contribution >= 4 is 29.3 Å². The lowest BCUT2D eigenvalue weighted by Gasteiger charge is -2.28. The molecule has 0 unspecified atom stereocenters. The van der Waals surface area contributed by atoms with Crippen LogP contribution in [0.2, 0.25) is 0 Å². The van der Waals surface area contributed by atoms with Gasteiger partial charge < -0.3 is 5.32 Å². The quantitative estimate of drug-likeness (QED) is 0.865. The summed E-state index contributed by atoms with van der Waals surface area (Å²) in [5.74, 6) is -0.385. The molecule has 23 heavy (non-hydrogen) atoms. The van der Waals surface area contributed by atoms with Gasteiger partial charge in [-0.3, -0.25) is 14.5 Å². The number of amides is 2. The lowest BCUT2D eigenvalue weighted by atomic mass is 10.1. The van der Waals surface area contributed by atoms with Gasteiger partial charge in [-0.2, -0.15) is 0 Å². The Morgan fingerprint density at radius 2 is 1.96 bits per heavy atom. The molecule has 2 amide bonds. The average Bonchev–Trinajstić information content (AvgIpc) is 2.53. The van der Waals surface area contributed by atoms with E-state index in [9.17, 15) is 9.59 Å². The maximum atomic E-state index is 12.5. The van der Waals surface area contributed by atoms with E-state index in [1.807, 2.05) is 44.2 Å². The van der Waals surface area contributed by atoms with Crippen LogP contribution < -0.4 is 10.2 Å². The summed E-state index contributed by atoms with van der Waals surface area (Å²) >= 11 is 0. The maximum Gasteiger partial charge on any atom is 0.251 e. The third kappa shape index (κ3) is 3.16. The second-order valence-electron chi connectivity index (χ2n) is 5.68. The highest BCUT2D eigenvalue weighted by atomic mass is 16.2. The lowest BCUT2D eigenvalue weighted by Crippen LogP contribution is -2.41. The number of hydrogen-bond donors (Lipinski definition) is 1. The number of nitrogens with one attached hydrogen (secondary N) is 1. The first-order valence-corrected chi connectivity index (χ1v) is 7.50. The van der Waals surface area contributed by atoms with E-state index < -0.39 is 0 Å². The monoisotopic (exact) mass is 306 g/mol. The second-order valence-corrected chi connectivity index (χ2v) is 5.68. The highest BCUT2D eigenvalue weighted by molar-refractivity contribution is 6.13. The molecule has 1 aliphatic rings. The van der Waals surface area contributed by atoms with E-state index in [1.54, 1.807) is 12.1 Å². The Morgan fingerprint density at radius 1 is 1.17 bits per heavy atom. The number of carbonyl (C=O) groups excluding carboxylic acids is 2. The largest absolute Gasteiger partial charge is 0.323 e. The Hall–Kier alpha value is -2.88. The van der Waals surface area contributed by atoms with Crippen LogP contribution in [0.5, 0.6) is 0 Å². The molecule has 2 aromatic rings. The van der Waals surface area contributed by atoms with Crippen LogP contribution in [0.4, 0.5) is 11.4 Å². The first-order valence-electron chi connectivity index (χ1n) is 7.50. The number of fused-ring (bicyclic) bond motifs is 1. The molecule has 1 N–H and O–H groups in total. The molecular formula is C19H18N2O2. The van der Waals surface area contributed by atoms with Crippen LogP contribution in [0.15, 0.2) is 48.5 Å². The summed E-state index contributed by atoms with van der Waals surface area (Å²) in [4.78, 5) is 25.8. The number of aryl methyl sites for hydroxylation is 2. The number of carbonyl (C=O) groups is 2.